The van der Waals surface area contributed by atoms with Crippen LogP contribution in [-0.2, 0) is 6.42 Å². The SMILES string of the molecule is C[CH]Cc1ccc2ccccc2c1C(=O)O. The predicted molar refractivity (Wildman–Crippen MR) is 64.6 cm³/mol. The molecule has 2 aromatic rings. The fourth-order valence-corrected chi connectivity index (χ4v) is 1.96. The molecule has 0 unspecified atom stereocenters. The first kappa shape index (κ1) is 10.7. The molecule has 2 rings (SSSR count). The second kappa shape index (κ2) is 4.35. The van der Waals surface area contributed by atoms with Gasteiger partial charge in [-0.15, -0.1) is 0 Å². The molecule has 0 aliphatic rings. The number of carboxylic acid groups (broad SMARTS) is 1. The highest BCUT2D eigenvalue weighted by atomic mass is 16.4. The summed E-state index contributed by atoms with van der Waals surface area (Å²) in [6.45, 7) is 1.93. The van der Waals surface area contributed by atoms with Gasteiger partial charge in [-0.3, -0.25) is 0 Å². The molecule has 1 N–H and O–H groups in total. The van der Waals surface area contributed by atoms with Crippen molar-refractivity contribution in [3.05, 3.63) is 53.9 Å². The molecule has 0 aliphatic carbocycles. The van der Waals surface area contributed by atoms with E-state index in [4.69, 9.17) is 0 Å². The quantitative estimate of drug-likeness (QED) is 0.849. The van der Waals surface area contributed by atoms with Crippen LogP contribution in [0.4, 0.5) is 0 Å². The minimum absolute atomic E-state index is 0.427. The lowest BCUT2D eigenvalue weighted by Crippen LogP contribution is -2.03. The number of carboxylic acids is 1. The molecule has 0 heterocycles. The Morgan fingerprint density at radius 2 is 2.00 bits per heavy atom. The molecule has 0 fully saturated rings. The maximum atomic E-state index is 11.3. The Hall–Kier alpha value is -1.83. The van der Waals surface area contributed by atoms with E-state index in [1.807, 2.05) is 49.7 Å². The van der Waals surface area contributed by atoms with Crippen molar-refractivity contribution in [3.63, 3.8) is 0 Å². The van der Waals surface area contributed by atoms with Crippen molar-refractivity contribution in [3.8, 4) is 0 Å². The first-order valence-corrected chi connectivity index (χ1v) is 5.25. The zero-order valence-corrected chi connectivity index (χ0v) is 9.10. The van der Waals surface area contributed by atoms with Gasteiger partial charge in [-0.1, -0.05) is 43.3 Å². The Morgan fingerprint density at radius 1 is 1.25 bits per heavy atom. The summed E-state index contributed by atoms with van der Waals surface area (Å²) in [5, 5.41) is 11.1. The Balaban J connectivity index is 2.73. The lowest BCUT2D eigenvalue weighted by atomic mass is 9.96. The van der Waals surface area contributed by atoms with Gasteiger partial charge in [0.25, 0.3) is 0 Å². The minimum atomic E-state index is -0.853. The Labute approximate surface area is 94.5 Å². The minimum Gasteiger partial charge on any atom is -0.478 e. The van der Waals surface area contributed by atoms with Crippen LogP contribution in [-0.4, -0.2) is 11.1 Å². The second-order valence-corrected chi connectivity index (χ2v) is 3.74. The first-order chi connectivity index (χ1) is 7.74. The Bertz CT molecular complexity index is 529. The summed E-state index contributed by atoms with van der Waals surface area (Å²) in [4.78, 5) is 11.3. The van der Waals surface area contributed by atoms with Gasteiger partial charge in [0.05, 0.1) is 5.56 Å². The molecule has 2 heteroatoms. The molecule has 0 spiro atoms. The highest BCUT2D eigenvalue weighted by Gasteiger charge is 2.13. The van der Waals surface area contributed by atoms with Crippen LogP contribution in [0.5, 0.6) is 0 Å². The molecular formula is C14H13O2. The van der Waals surface area contributed by atoms with Crippen molar-refractivity contribution in [1.82, 2.24) is 0 Å². The second-order valence-electron chi connectivity index (χ2n) is 3.74. The lowest BCUT2D eigenvalue weighted by molar-refractivity contribution is 0.0698. The van der Waals surface area contributed by atoms with Crippen LogP contribution in [0, 0.1) is 6.42 Å². The van der Waals surface area contributed by atoms with Crippen molar-refractivity contribution in [2.45, 2.75) is 13.3 Å². The number of hydrogen-bond donors (Lipinski definition) is 1. The van der Waals surface area contributed by atoms with Crippen LogP contribution in [0.25, 0.3) is 10.8 Å². The summed E-state index contributed by atoms with van der Waals surface area (Å²) >= 11 is 0. The van der Waals surface area contributed by atoms with E-state index in [0.29, 0.717) is 12.0 Å². The predicted octanol–water partition coefficient (Wildman–Crippen LogP) is 3.30. The highest BCUT2D eigenvalue weighted by molar-refractivity contribution is 6.05. The van der Waals surface area contributed by atoms with Gasteiger partial charge in [0.15, 0.2) is 0 Å². The van der Waals surface area contributed by atoms with Crippen molar-refractivity contribution in [2.75, 3.05) is 0 Å². The summed E-state index contributed by atoms with van der Waals surface area (Å²) in [5.41, 5.74) is 1.30. The molecule has 81 valence electrons. The van der Waals surface area contributed by atoms with Crippen molar-refractivity contribution in [2.24, 2.45) is 0 Å². The molecule has 0 saturated heterocycles. The van der Waals surface area contributed by atoms with E-state index in [0.717, 1.165) is 16.3 Å². The largest absolute Gasteiger partial charge is 0.478 e. The number of rotatable bonds is 3. The highest BCUT2D eigenvalue weighted by Crippen LogP contribution is 2.23. The maximum Gasteiger partial charge on any atom is 0.336 e. The Kier molecular flexibility index (Phi) is 2.91. The monoisotopic (exact) mass is 213 g/mol. The number of benzene rings is 2. The molecule has 16 heavy (non-hydrogen) atoms. The zero-order valence-electron chi connectivity index (χ0n) is 9.10. The molecule has 0 aromatic heterocycles. The van der Waals surface area contributed by atoms with Crippen molar-refractivity contribution < 1.29 is 9.90 Å². The molecular weight excluding hydrogens is 200 g/mol. The van der Waals surface area contributed by atoms with E-state index in [2.05, 4.69) is 0 Å². The van der Waals surface area contributed by atoms with Crippen LogP contribution in [0.3, 0.4) is 0 Å². The molecule has 0 amide bonds. The smallest absolute Gasteiger partial charge is 0.336 e. The zero-order chi connectivity index (χ0) is 11.5. The standard InChI is InChI=1S/C14H13O2/c1-2-5-11-9-8-10-6-3-4-7-12(10)13(11)14(15)16/h2-4,6-9H,5H2,1H3,(H,15,16). The van der Waals surface area contributed by atoms with E-state index < -0.39 is 5.97 Å². The lowest BCUT2D eigenvalue weighted by Gasteiger charge is -2.08. The number of hydrogen-bond acceptors (Lipinski definition) is 1. The maximum absolute atomic E-state index is 11.3. The molecule has 0 bridgehead atoms. The average Bonchev–Trinajstić information content (AvgIpc) is 2.28. The molecule has 0 atom stereocenters. The van der Waals surface area contributed by atoms with Gasteiger partial charge in [-0.2, -0.15) is 0 Å². The first-order valence-electron chi connectivity index (χ1n) is 5.25. The van der Waals surface area contributed by atoms with Crippen LogP contribution in [0.2, 0.25) is 0 Å². The molecule has 2 aromatic carbocycles. The van der Waals surface area contributed by atoms with E-state index in [9.17, 15) is 9.90 Å². The molecule has 1 radical (unpaired) electrons. The van der Waals surface area contributed by atoms with Crippen LogP contribution in [0.15, 0.2) is 36.4 Å². The van der Waals surface area contributed by atoms with Gasteiger partial charge < -0.3 is 5.11 Å². The third-order valence-corrected chi connectivity index (χ3v) is 2.65. The third kappa shape index (κ3) is 1.78. The topological polar surface area (TPSA) is 37.3 Å². The van der Waals surface area contributed by atoms with E-state index in [1.165, 1.54) is 0 Å². The van der Waals surface area contributed by atoms with E-state index in [-0.39, 0.29) is 0 Å². The van der Waals surface area contributed by atoms with Crippen molar-refractivity contribution >= 4 is 16.7 Å². The van der Waals surface area contributed by atoms with Crippen LogP contribution >= 0.6 is 0 Å². The van der Waals surface area contributed by atoms with Gasteiger partial charge >= 0.3 is 5.97 Å². The van der Waals surface area contributed by atoms with E-state index in [1.54, 1.807) is 0 Å². The van der Waals surface area contributed by atoms with E-state index >= 15 is 0 Å². The number of carbonyl (C=O) groups is 1. The fraction of sp³-hybridized carbons (Fsp3) is 0.143. The number of fused-ring (bicyclic) bond motifs is 1. The fourth-order valence-electron chi connectivity index (χ4n) is 1.96. The number of aromatic carboxylic acids is 1. The van der Waals surface area contributed by atoms with Gasteiger partial charge in [-0.25, -0.2) is 4.79 Å². The summed E-state index contributed by atoms with van der Waals surface area (Å²) in [5.74, 6) is -0.853. The third-order valence-electron chi connectivity index (χ3n) is 2.65. The average molecular weight is 213 g/mol. The van der Waals surface area contributed by atoms with Crippen LogP contribution < -0.4 is 0 Å². The molecule has 0 saturated carbocycles. The van der Waals surface area contributed by atoms with Gasteiger partial charge in [0.1, 0.15) is 0 Å². The summed E-state index contributed by atoms with van der Waals surface area (Å²) < 4.78 is 0. The summed E-state index contributed by atoms with van der Waals surface area (Å²) in [6.07, 6.45) is 2.66. The van der Waals surface area contributed by atoms with Gasteiger partial charge in [0.2, 0.25) is 0 Å². The molecule has 0 aliphatic heterocycles. The van der Waals surface area contributed by atoms with Gasteiger partial charge in [0, 0.05) is 0 Å². The van der Waals surface area contributed by atoms with Crippen molar-refractivity contribution in [1.29, 1.82) is 0 Å². The Morgan fingerprint density at radius 3 is 2.69 bits per heavy atom. The molecule has 2 nitrogen and oxygen atoms in total. The van der Waals surface area contributed by atoms with Crippen LogP contribution in [0.1, 0.15) is 22.8 Å². The van der Waals surface area contributed by atoms with Gasteiger partial charge in [-0.05, 0) is 29.2 Å². The normalized spacial score (nSPS) is 10.6. The summed E-state index contributed by atoms with van der Waals surface area (Å²) in [6, 6.07) is 11.4. The summed E-state index contributed by atoms with van der Waals surface area (Å²) in [7, 11) is 0.